The van der Waals surface area contributed by atoms with E-state index in [2.05, 4.69) is 26.6 Å². The first-order valence-corrected chi connectivity index (χ1v) is 8.07. The Morgan fingerprint density at radius 3 is 2.36 bits per heavy atom. The fraction of sp³-hybridized carbons (Fsp3) is 0.235. The van der Waals surface area contributed by atoms with Crippen molar-refractivity contribution >= 4 is 31.9 Å². The Labute approximate surface area is 138 Å². The summed E-state index contributed by atoms with van der Waals surface area (Å²) in [5, 5.41) is 10.6. The number of rotatable bonds is 6. The Morgan fingerprint density at radius 2 is 1.73 bits per heavy atom. The number of nitro groups is 1. The number of nitro benzene ring substituents is 1. The van der Waals surface area contributed by atoms with Crippen molar-refractivity contribution in [2.75, 3.05) is 13.1 Å². The summed E-state index contributed by atoms with van der Waals surface area (Å²) in [5.41, 5.74) is 1.05. The van der Waals surface area contributed by atoms with Gasteiger partial charge in [0.25, 0.3) is 0 Å². The van der Waals surface area contributed by atoms with Crippen LogP contribution in [0.3, 0.4) is 0 Å². The number of likely N-dealkylation sites (tertiary alicyclic amines) is 1. The van der Waals surface area contributed by atoms with Gasteiger partial charge in [0.1, 0.15) is 0 Å². The quantitative estimate of drug-likeness (QED) is 0.339. The normalized spacial score (nSPS) is 15.4. The van der Waals surface area contributed by atoms with E-state index < -0.39 is 4.92 Å². The molecule has 0 radical (unpaired) electrons. The fourth-order valence-electron chi connectivity index (χ4n) is 2.18. The van der Waals surface area contributed by atoms with E-state index in [1.54, 1.807) is 12.1 Å². The fourth-order valence-corrected chi connectivity index (χ4v) is 2.73. The van der Waals surface area contributed by atoms with E-state index in [9.17, 15) is 10.1 Å². The van der Waals surface area contributed by atoms with E-state index in [0.717, 1.165) is 18.7 Å². The van der Waals surface area contributed by atoms with Crippen LogP contribution in [0.15, 0.2) is 54.6 Å². The zero-order valence-corrected chi connectivity index (χ0v) is 13.9. The Hall–Kier alpha value is -1.97. The first-order chi connectivity index (χ1) is 10.7. The summed E-state index contributed by atoms with van der Waals surface area (Å²) in [6.45, 7) is 2.27. The Kier molecular flexibility index (Phi) is 6.31. The molecule has 4 nitrogen and oxygen atoms in total. The Balaban J connectivity index is 1.81. The minimum absolute atomic E-state index is 0.111. The van der Waals surface area contributed by atoms with Crippen LogP contribution in [0.4, 0.5) is 5.69 Å². The SMILES string of the molecule is O=[N+]([O-])c1ccc(/C=C/C=C/C=C/C(=[Se])N2CCCC2)cc1. The molecule has 0 unspecified atom stereocenters. The third kappa shape index (κ3) is 5.10. The van der Waals surface area contributed by atoms with Crippen LogP contribution in [0, 0.1) is 10.1 Å². The van der Waals surface area contributed by atoms with Gasteiger partial charge in [0, 0.05) is 0 Å². The molecule has 1 heterocycles. The molecule has 0 atom stereocenters. The van der Waals surface area contributed by atoms with Gasteiger partial charge in [-0.05, 0) is 0 Å². The van der Waals surface area contributed by atoms with Crippen molar-refractivity contribution in [1.29, 1.82) is 0 Å². The standard InChI is InChI=1S/C17H18N2O2Se/c20-19(21)16-11-9-15(10-12-16)7-3-1-2-4-8-17(22)18-13-5-6-14-18/h1-4,7-12H,5-6,13-14H2/b2-1+,7-3+,8-4+. The van der Waals surface area contributed by atoms with Gasteiger partial charge in [0.05, 0.1) is 0 Å². The molecule has 0 spiro atoms. The van der Waals surface area contributed by atoms with E-state index in [4.69, 9.17) is 0 Å². The minimum atomic E-state index is -0.394. The van der Waals surface area contributed by atoms with Gasteiger partial charge < -0.3 is 0 Å². The number of hydrogen-bond donors (Lipinski definition) is 0. The van der Waals surface area contributed by atoms with Crippen molar-refractivity contribution in [3.63, 3.8) is 0 Å². The Bertz CT molecular complexity index is 612. The molecule has 0 amide bonds. The van der Waals surface area contributed by atoms with Crippen LogP contribution in [-0.2, 0) is 0 Å². The molecule has 0 bridgehead atoms. The summed E-state index contributed by atoms with van der Waals surface area (Å²) in [6, 6.07) is 6.48. The second kappa shape index (κ2) is 8.47. The van der Waals surface area contributed by atoms with E-state index in [0.29, 0.717) is 0 Å². The van der Waals surface area contributed by atoms with Crippen LogP contribution < -0.4 is 0 Å². The molecule has 22 heavy (non-hydrogen) atoms. The molecule has 1 aromatic rings. The molecule has 1 fully saturated rings. The average molecular weight is 361 g/mol. The van der Waals surface area contributed by atoms with Crippen LogP contribution >= 0.6 is 0 Å². The zero-order chi connectivity index (χ0) is 15.8. The van der Waals surface area contributed by atoms with Gasteiger partial charge in [-0.15, -0.1) is 0 Å². The molecule has 1 aromatic carbocycles. The topological polar surface area (TPSA) is 46.4 Å². The van der Waals surface area contributed by atoms with Gasteiger partial charge in [-0.1, -0.05) is 0 Å². The molecule has 0 saturated carbocycles. The molecule has 0 N–H and O–H groups in total. The van der Waals surface area contributed by atoms with E-state index in [1.165, 1.54) is 29.5 Å². The Morgan fingerprint density at radius 1 is 1.09 bits per heavy atom. The summed E-state index contributed by atoms with van der Waals surface area (Å²) in [6.07, 6.45) is 14.4. The van der Waals surface area contributed by atoms with Crippen LogP contribution in [-0.4, -0.2) is 43.0 Å². The van der Waals surface area contributed by atoms with Crippen LogP contribution in [0.25, 0.3) is 6.08 Å². The predicted octanol–water partition coefficient (Wildman–Crippen LogP) is 3.11. The summed E-state index contributed by atoms with van der Waals surface area (Å²) >= 11 is 3.10. The van der Waals surface area contributed by atoms with Crippen molar-refractivity contribution < 1.29 is 4.92 Å². The van der Waals surface area contributed by atoms with E-state index in [1.807, 2.05) is 30.4 Å². The van der Waals surface area contributed by atoms with Gasteiger partial charge in [-0.25, -0.2) is 0 Å². The molecule has 0 aliphatic carbocycles. The van der Waals surface area contributed by atoms with E-state index >= 15 is 0 Å². The van der Waals surface area contributed by atoms with Crippen molar-refractivity contribution in [2.45, 2.75) is 12.8 Å². The molecular weight excluding hydrogens is 343 g/mol. The molecule has 1 aliphatic rings. The van der Waals surface area contributed by atoms with E-state index in [-0.39, 0.29) is 5.69 Å². The average Bonchev–Trinajstić information content (AvgIpc) is 3.05. The van der Waals surface area contributed by atoms with Gasteiger partial charge in [0.15, 0.2) is 0 Å². The molecule has 2 rings (SSSR count). The number of nitrogens with zero attached hydrogens (tertiary/aromatic N) is 2. The number of non-ortho nitro benzene ring substituents is 1. The van der Waals surface area contributed by atoms with Gasteiger partial charge in [-0.3, -0.25) is 10.1 Å². The molecular formula is C17H18N2O2Se. The zero-order valence-electron chi connectivity index (χ0n) is 12.2. The summed E-state index contributed by atoms with van der Waals surface area (Å²) in [5.74, 6) is 0. The summed E-state index contributed by atoms with van der Waals surface area (Å²) < 4.78 is 1.18. The number of benzene rings is 1. The molecule has 5 heteroatoms. The third-order valence-corrected chi connectivity index (χ3v) is 4.21. The van der Waals surface area contributed by atoms with Crippen LogP contribution in [0.2, 0.25) is 0 Å². The molecule has 1 saturated heterocycles. The maximum absolute atomic E-state index is 10.6. The monoisotopic (exact) mass is 362 g/mol. The first kappa shape index (κ1) is 16.4. The second-order valence-electron chi connectivity index (χ2n) is 4.98. The first-order valence-electron chi connectivity index (χ1n) is 7.21. The maximum atomic E-state index is 10.6. The van der Waals surface area contributed by atoms with Crippen LogP contribution in [0.1, 0.15) is 18.4 Å². The van der Waals surface area contributed by atoms with Crippen LogP contribution in [0.5, 0.6) is 0 Å². The summed E-state index contributed by atoms with van der Waals surface area (Å²) in [7, 11) is 0. The van der Waals surface area contributed by atoms with Crippen molar-refractivity contribution in [3.8, 4) is 0 Å². The van der Waals surface area contributed by atoms with Crippen molar-refractivity contribution in [2.24, 2.45) is 0 Å². The predicted molar refractivity (Wildman–Crippen MR) is 92.0 cm³/mol. The second-order valence-corrected chi connectivity index (χ2v) is 5.86. The van der Waals surface area contributed by atoms with Gasteiger partial charge in [-0.2, -0.15) is 0 Å². The van der Waals surface area contributed by atoms with Gasteiger partial charge in [0.2, 0.25) is 0 Å². The number of allylic oxidation sites excluding steroid dienone is 4. The van der Waals surface area contributed by atoms with Crippen molar-refractivity contribution in [3.05, 3.63) is 70.3 Å². The van der Waals surface area contributed by atoms with Crippen molar-refractivity contribution in [1.82, 2.24) is 4.90 Å². The molecule has 114 valence electrons. The van der Waals surface area contributed by atoms with Gasteiger partial charge >= 0.3 is 128 Å². The molecule has 0 aromatic heterocycles. The summed E-state index contributed by atoms with van der Waals surface area (Å²) in [4.78, 5) is 12.5. The molecule has 1 aliphatic heterocycles. The number of hydrogen-bond acceptors (Lipinski definition) is 3. The third-order valence-electron chi connectivity index (χ3n) is 3.38.